The largest absolute Gasteiger partial charge is 0.435 e. The molecule has 0 saturated carbocycles. The Bertz CT molecular complexity index is 726. The van der Waals surface area contributed by atoms with Gasteiger partial charge in [-0.05, 0) is 30.7 Å². The van der Waals surface area contributed by atoms with Crippen molar-refractivity contribution in [2.24, 2.45) is 5.73 Å². The number of nitrogens with two attached hydrogens (primary N) is 1. The first-order valence-electron chi connectivity index (χ1n) is 7.13. The molecule has 1 amide bonds. The van der Waals surface area contributed by atoms with Gasteiger partial charge in [-0.1, -0.05) is 6.07 Å². The third kappa shape index (κ3) is 3.21. The number of carbonyl (C=O) groups excluding carboxylic acids is 1. The van der Waals surface area contributed by atoms with Gasteiger partial charge >= 0.3 is 6.18 Å². The van der Waals surface area contributed by atoms with E-state index in [9.17, 15) is 18.0 Å². The second kappa shape index (κ2) is 5.69. The molecule has 1 aromatic heterocycles. The van der Waals surface area contributed by atoms with Gasteiger partial charge in [0.1, 0.15) is 0 Å². The molecule has 8 heteroatoms. The summed E-state index contributed by atoms with van der Waals surface area (Å²) in [6.07, 6.45) is -2.53. The summed E-state index contributed by atoms with van der Waals surface area (Å²) in [6.45, 7) is 1.08. The molecule has 1 aromatic carbocycles. The van der Waals surface area contributed by atoms with Gasteiger partial charge in [-0.25, -0.2) is 4.68 Å². The molecule has 2 heterocycles. The van der Waals surface area contributed by atoms with Crippen LogP contribution in [0.15, 0.2) is 36.5 Å². The summed E-state index contributed by atoms with van der Waals surface area (Å²) in [5, 5.41) is 3.51. The van der Waals surface area contributed by atoms with Crippen molar-refractivity contribution in [3.63, 3.8) is 0 Å². The van der Waals surface area contributed by atoms with Crippen LogP contribution in [0.1, 0.15) is 22.5 Å². The summed E-state index contributed by atoms with van der Waals surface area (Å²) in [5.41, 5.74) is 5.62. The first kappa shape index (κ1) is 15.5. The van der Waals surface area contributed by atoms with Gasteiger partial charge in [-0.3, -0.25) is 4.79 Å². The summed E-state index contributed by atoms with van der Waals surface area (Å²) >= 11 is 0. The van der Waals surface area contributed by atoms with E-state index in [1.807, 2.05) is 0 Å². The molecule has 1 aliphatic heterocycles. The van der Waals surface area contributed by atoms with Gasteiger partial charge < -0.3 is 10.6 Å². The van der Waals surface area contributed by atoms with Crippen molar-refractivity contribution in [3.8, 4) is 5.69 Å². The Balaban J connectivity index is 1.85. The lowest BCUT2D eigenvalue weighted by Crippen LogP contribution is -2.31. The van der Waals surface area contributed by atoms with E-state index in [0.29, 0.717) is 24.3 Å². The van der Waals surface area contributed by atoms with Crippen LogP contribution < -0.4 is 5.73 Å². The Kier molecular flexibility index (Phi) is 3.85. The van der Waals surface area contributed by atoms with E-state index >= 15 is 0 Å². The average molecular weight is 324 g/mol. The highest BCUT2D eigenvalue weighted by molar-refractivity contribution is 5.95. The number of hydrogen-bond acceptors (Lipinski definition) is 3. The molecule has 0 radical (unpaired) electrons. The number of likely N-dealkylation sites (tertiary alicyclic amines) is 1. The SMILES string of the molecule is NC1CCN(C(=O)c2cccc(-n3ccc(C(F)(F)F)n3)c2)C1. The number of aromatic nitrogens is 2. The lowest BCUT2D eigenvalue weighted by molar-refractivity contribution is -0.141. The highest BCUT2D eigenvalue weighted by Crippen LogP contribution is 2.28. The minimum absolute atomic E-state index is 0.0254. The molecule has 1 aliphatic rings. The lowest BCUT2D eigenvalue weighted by Gasteiger charge is -2.16. The lowest BCUT2D eigenvalue weighted by atomic mass is 10.2. The Hall–Kier alpha value is -2.35. The van der Waals surface area contributed by atoms with Crippen LogP contribution in [0.25, 0.3) is 5.69 Å². The topological polar surface area (TPSA) is 64.2 Å². The molecule has 0 aliphatic carbocycles. The maximum atomic E-state index is 12.6. The predicted octanol–water partition coefficient (Wildman–Crippen LogP) is 2.06. The number of rotatable bonds is 2. The average Bonchev–Trinajstić information content (AvgIpc) is 3.15. The third-order valence-electron chi connectivity index (χ3n) is 3.75. The molecule has 1 fully saturated rings. The molecule has 1 unspecified atom stereocenters. The zero-order valence-electron chi connectivity index (χ0n) is 12.1. The molecule has 23 heavy (non-hydrogen) atoms. The fourth-order valence-electron chi connectivity index (χ4n) is 2.55. The van der Waals surface area contributed by atoms with E-state index in [1.165, 1.54) is 12.3 Å². The zero-order chi connectivity index (χ0) is 16.6. The van der Waals surface area contributed by atoms with E-state index in [1.54, 1.807) is 23.1 Å². The van der Waals surface area contributed by atoms with Crippen molar-refractivity contribution < 1.29 is 18.0 Å². The normalized spacial score (nSPS) is 18.4. The number of amides is 1. The Morgan fingerprint density at radius 1 is 1.30 bits per heavy atom. The van der Waals surface area contributed by atoms with E-state index in [0.717, 1.165) is 17.2 Å². The number of benzene rings is 1. The highest BCUT2D eigenvalue weighted by Gasteiger charge is 2.33. The minimum Gasteiger partial charge on any atom is -0.337 e. The number of halogens is 3. The molecule has 5 nitrogen and oxygen atoms in total. The zero-order valence-corrected chi connectivity index (χ0v) is 12.1. The maximum absolute atomic E-state index is 12.6. The Labute approximate surface area is 130 Å². The summed E-state index contributed by atoms with van der Waals surface area (Å²) in [7, 11) is 0. The van der Waals surface area contributed by atoms with E-state index in [4.69, 9.17) is 5.73 Å². The molecule has 3 rings (SSSR count). The van der Waals surface area contributed by atoms with Crippen molar-refractivity contribution in [3.05, 3.63) is 47.8 Å². The second-order valence-electron chi connectivity index (χ2n) is 5.49. The molecule has 2 aromatic rings. The second-order valence-corrected chi connectivity index (χ2v) is 5.49. The van der Waals surface area contributed by atoms with Gasteiger partial charge in [0.15, 0.2) is 5.69 Å². The molecule has 0 spiro atoms. The number of nitrogens with zero attached hydrogens (tertiary/aromatic N) is 3. The van der Waals surface area contributed by atoms with Crippen molar-refractivity contribution in [2.45, 2.75) is 18.6 Å². The highest BCUT2D eigenvalue weighted by atomic mass is 19.4. The van der Waals surface area contributed by atoms with Crippen LogP contribution in [0.4, 0.5) is 13.2 Å². The molecule has 0 bridgehead atoms. The fourth-order valence-corrected chi connectivity index (χ4v) is 2.55. The van der Waals surface area contributed by atoms with Gasteiger partial charge in [-0.2, -0.15) is 18.3 Å². The molecule has 2 N–H and O–H groups in total. The van der Waals surface area contributed by atoms with E-state index in [-0.39, 0.29) is 11.9 Å². The van der Waals surface area contributed by atoms with Gasteiger partial charge in [0.25, 0.3) is 5.91 Å². The van der Waals surface area contributed by atoms with Crippen LogP contribution in [-0.4, -0.2) is 39.7 Å². The number of hydrogen-bond donors (Lipinski definition) is 1. The smallest absolute Gasteiger partial charge is 0.337 e. The third-order valence-corrected chi connectivity index (χ3v) is 3.75. The van der Waals surface area contributed by atoms with Crippen molar-refractivity contribution in [1.29, 1.82) is 0 Å². The van der Waals surface area contributed by atoms with E-state index in [2.05, 4.69) is 5.10 Å². The van der Waals surface area contributed by atoms with E-state index < -0.39 is 11.9 Å². The van der Waals surface area contributed by atoms with Gasteiger partial charge in [0, 0.05) is 30.9 Å². The standard InChI is InChI=1S/C15H15F3N4O/c16-15(17,18)13-5-7-22(20-13)12-3-1-2-10(8-12)14(23)21-6-4-11(19)9-21/h1-3,5,7-8,11H,4,6,9,19H2. The van der Waals surface area contributed by atoms with Crippen LogP contribution in [-0.2, 0) is 6.18 Å². The molecule has 1 atom stereocenters. The summed E-state index contributed by atoms with van der Waals surface area (Å²) in [4.78, 5) is 14.0. The first-order chi connectivity index (χ1) is 10.8. The van der Waals surface area contributed by atoms with Crippen molar-refractivity contribution in [1.82, 2.24) is 14.7 Å². The van der Waals surface area contributed by atoms with Crippen LogP contribution in [0.3, 0.4) is 0 Å². The van der Waals surface area contributed by atoms with Crippen molar-refractivity contribution >= 4 is 5.91 Å². The number of alkyl halides is 3. The molecule has 1 saturated heterocycles. The molecular weight excluding hydrogens is 309 g/mol. The fraction of sp³-hybridized carbons (Fsp3) is 0.333. The summed E-state index contributed by atoms with van der Waals surface area (Å²) in [5.74, 6) is -0.178. The van der Waals surface area contributed by atoms with Crippen LogP contribution >= 0.6 is 0 Å². The quantitative estimate of drug-likeness (QED) is 0.920. The maximum Gasteiger partial charge on any atom is 0.435 e. The first-order valence-corrected chi connectivity index (χ1v) is 7.13. The van der Waals surface area contributed by atoms with Gasteiger partial charge in [0.05, 0.1) is 5.69 Å². The summed E-state index contributed by atoms with van der Waals surface area (Å²) in [6, 6.07) is 7.24. The predicted molar refractivity (Wildman–Crippen MR) is 77.1 cm³/mol. The Morgan fingerprint density at radius 3 is 2.70 bits per heavy atom. The molecular formula is C15H15F3N4O. The molecule has 122 valence electrons. The Morgan fingerprint density at radius 2 is 2.09 bits per heavy atom. The van der Waals surface area contributed by atoms with Gasteiger partial charge in [0.2, 0.25) is 0 Å². The minimum atomic E-state index is -4.50. The van der Waals surface area contributed by atoms with Crippen molar-refractivity contribution in [2.75, 3.05) is 13.1 Å². The number of carbonyl (C=O) groups is 1. The monoisotopic (exact) mass is 324 g/mol. The van der Waals surface area contributed by atoms with Crippen LogP contribution in [0.5, 0.6) is 0 Å². The van der Waals surface area contributed by atoms with Crippen LogP contribution in [0.2, 0.25) is 0 Å². The summed E-state index contributed by atoms with van der Waals surface area (Å²) < 4.78 is 39.0. The van der Waals surface area contributed by atoms with Gasteiger partial charge in [-0.15, -0.1) is 0 Å². The van der Waals surface area contributed by atoms with Crippen LogP contribution in [0, 0.1) is 0 Å².